The van der Waals surface area contributed by atoms with E-state index in [2.05, 4.69) is 10.2 Å². The smallest absolute Gasteiger partial charge is 0.418 e. The van der Waals surface area contributed by atoms with Crippen LogP contribution in [0, 0.1) is 11.8 Å². The molecule has 0 aromatic heterocycles. The van der Waals surface area contributed by atoms with E-state index in [4.69, 9.17) is 15.5 Å². The van der Waals surface area contributed by atoms with Crippen molar-refractivity contribution in [2.45, 2.75) is 31.6 Å². The van der Waals surface area contributed by atoms with Crippen LogP contribution < -0.4 is 11.2 Å². The maximum absolute atomic E-state index is 13.5. The predicted octanol–water partition coefficient (Wildman–Crippen LogP) is 1.93. The first-order valence-electron chi connectivity index (χ1n) is 11.0. The molecule has 36 heavy (non-hydrogen) atoms. The Morgan fingerprint density at radius 2 is 1.83 bits per heavy atom. The van der Waals surface area contributed by atoms with Gasteiger partial charge in [0.1, 0.15) is 0 Å². The molecule has 3 N–H and O–H groups in total. The fourth-order valence-electron chi connectivity index (χ4n) is 4.16. The van der Waals surface area contributed by atoms with Crippen molar-refractivity contribution < 1.29 is 46.9 Å². The Morgan fingerprint density at radius 1 is 1.17 bits per heavy atom. The van der Waals surface area contributed by atoms with E-state index in [0.29, 0.717) is 12.8 Å². The number of carbonyl (C=O) groups is 4. The number of halogens is 3. The van der Waals surface area contributed by atoms with Crippen molar-refractivity contribution in [3.63, 3.8) is 0 Å². The normalized spacial score (nSPS) is 27.3. The number of Topliss-reactive ketones (excluding diaryl/α,β-unsaturated/α-hetero) is 2. The number of nitrogens with two attached hydrogens (primary N) is 1. The number of benzene rings is 1. The zero-order valence-electron chi connectivity index (χ0n) is 19.0. The third-order valence-corrected chi connectivity index (χ3v) is 6.09. The molecule has 2 unspecified atom stereocenters. The van der Waals surface area contributed by atoms with Gasteiger partial charge in [0.15, 0.2) is 23.0 Å². The fourth-order valence-corrected chi connectivity index (χ4v) is 4.16. The van der Waals surface area contributed by atoms with Gasteiger partial charge in [-0.05, 0) is 25.8 Å². The third-order valence-electron chi connectivity index (χ3n) is 6.09. The minimum Gasteiger partial charge on any atom is -0.418 e. The molecular weight excluding hydrogens is 487 g/mol. The van der Waals surface area contributed by atoms with Crippen molar-refractivity contribution >= 4 is 23.5 Å². The Labute approximate surface area is 202 Å². The molecule has 1 heterocycles. The first-order chi connectivity index (χ1) is 16.9. The topological polar surface area (TPSA) is 137 Å². The van der Waals surface area contributed by atoms with E-state index in [1.165, 1.54) is 25.1 Å². The molecule has 3 atom stereocenters. The highest BCUT2D eigenvalue weighted by Gasteiger charge is 2.49. The number of ketones is 2. The quantitative estimate of drug-likeness (QED) is 0.459. The summed E-state index contributed by atoms with van der Waals surface area (Å²) in [4.78, 5) is 60.4. The lowest BCUT2D eigenvalue weighted by atomic mass is 9.70. The average Bonchev–Trinajstić information content (AvgIpc) is 2.88. The number of alkyl halides is 3. The van der Waals surface area contributed by atoms with Crippen LogP contribution in [0.15, 0.2) is 47.9 Å². The van der Waals surface area contributed by atoms with Crippen LogP contribution >= 0.6 is 0 Å². The van der Waals surface area contributed by atoms with Gasteiger partial charge in [-0.2, -0.15) is 23.1 Å². The van der Waals surface area contributed by atoms with E-state index < -0.39 is 52.9 Å². The second-order valence-corrected chi connectivity index (χ2v) is 8.61. The number of nitrogens with one attached hydrogen (secondary N) is 1. The Hall–Kier alpha value is -3.55. The Morgan fingerprint density at radius 3 is 2.50 bits per heavy atom. The number of allylic oxidation sites excluding steroid dienone is 3. The van der Waals surface area contributed by atoms with E-state index in [-0.39, 0.29) is 30.0 Å². The van der Waals surface area contributed by atoms with Crippen molar-refractivity contribution in [3.8, 4) is 0 Å². The standard InChI is InChI=1S/C23H22F3N3O7/c1-22(27)20(32)36-34-11-5-4-10-29(22)28-17-15(35-21(33)23(24,25)26)9-8-14-16(17)19(31)13-7-3-2-6-12(13)18(14)30/h2-3,6-9,14,16,28H,4-5,10-11,27H2,1H3/t14?,16?,22-/m0/s1. The van der Waals surface area contributed by atoms with Gasteiger partial charge in [0.2, 0.25) is 0 Å². The van der Waals surface area contributed by atoms with Crippen LogP contribution in [0.4, 0.5) is 13.2 Å². The molecule has 0 bridgehead atoms. The minimum atomic E-state index is -5.33. The number of hydrogen-bond acceptors (Lipinski definition) is 10. The van der Waals surface area contributed by atoms with E-state index >= 15 is 0 Å². The first-order valence-corrected chi connectivity index (χ1v) is 11.0. The third kappa shape index (κ3) is 4.64. The van der Waals surface area contributed by atoms with Crippen LogP contribution in [-0.4, -0.2) is 53.5 Å². The van der Waals surface area contributed by atoms with Gasteiger partial charge < -0.3 is 15.9 Å². The van der Waals surface area contributed by atoms with Gasteiger partial charge in [-0.1, -0.05) is 30.3 Å². The summed E-state index contributed by atoms with van der Waals surface area (Å²) in [5.74, 6) is -7.69. The Kier molecular flexibility index (Phi) is 6.73. The lowest BCUT2D eigenvalue weighted by Crippen LogP contribution is -2.65. The Balaban J connectivity index is 1.81. The zero-order valence-corrected chi connectivity index (χ0v) is 19.0. The molecule has 10 nitrogen and oxygen atoms in total. The lowest BCUT2D eigenvalue weighted by molar-refractivity contribution is -0.279. The number of ether oxygens (including phenoxy) is 1. The van der Waals surface area contributed by atoms with Crippen molar-refractivity contribution in [2.75, 3.05) is 13.2 Å². The molecule has 1 aromatic carbocycles. The number of rotatable bonds is 3. The summed E-state index contributed by atoms with van der Waals surface area (Å²) in [5, 5.41) is 1.15. The van der Waals surface area contributed by atoms with Crippen molar-refractivity contribution in [1.82, 2.24) is 10.4 Å². The lowest BCUT2D eigenvalue weighted by Gasteiger charge is -2.40. The molecule has 3 aliphatic rings. The van der Waals surface area contributed by atoms with E-state index in [1.807, 2.05) is 0 Å². The number of nitrogens with zero attached hydrogens (tertiary/aromatic N) is 1. The highest BCUT2D eigenvalue weighted by molar-refractivity contribution is 6.17. The first kappa shape index (κ1) is 25.5. The van der Waals surface area contributed by atoms with Crippen molar-refractivity contribution in [3.05, 3.63) is 59.0 Å². The number of carbonyl (C=O) groups excluding carboxylic acids is 4. The van der Waals surface area contributed by atoms with Gasteiger partial charge in [-0.15, -0.1) is 0 Å². The number of hydrazine groups is 1. The number of fused-ring (bicyclic) bond motifs is 2. The molecule has 0 spiro atoms. The summed E-state index contributed by atoms with van der Waals surface area (Å²) in [5.41, 5.74) is 6.88. The van der Waals surface area contributed by atoms with E-state index in [9.17, 15) is 32.3 Å². The number of hydrogen-bond donors (Lipinski definition) is 2. The van der Waals surface area contributed by atoms with Gasteiger partial charge in [-0.3, -0.25) is 14.5 Å². The fraction of sp³-hybridized carbons (Fsp3) is 0.391. The number of esters is 1. The molecule has 1 fully saturated rings. The molecule has 1 saturated heterocycles. The maximum Gasteiger partial charge on any atom is 0.491 e. The molecule has 0 saturated carbocycles. The van der Waals surface area contributed by atoms with Crippen molar-refractivity contribution in [2.24, 2.45) is 17.6 Å². The highest BCUT2D eigenvalue weighted by Crippen LogP contribution is 2.40. The SMILES string of the molecule is C[C@@]1(N)C(=O)OOCCCCN1NC1=C(OC(=O)C(F)(F)F)C=CC2C(=O)c3ccccc3C(=O)C12. The molecule has 1 aliphatic heterocycles. The average molecular weight is 509 g/mol. The molecule has 4 rings (SSSR count). The predicted molar refractivity (Wildman–Crippen MR) is 114 cm³/mol. The largest absolute Gasteiger partial charge is 0.491 e. The molecular formula is C23H22F3N3O7. The van der Waals surface area contributed by atoms with E-state index in [0.717, 1.165) is 11.1 Å². The van der Waals surface area contributed by atoms with Gasteiger partial charge in [0, 0.05) is 17.7 Å². The van der Waals surface area contributed by atoms with Crippen LogP contribution in [-0.2, 0) is 24.1 Å². The van der Waals surface area contributed by atoms with E-state index in [1.54, 1.807) is 12.1 Å². The summed E-state index contributed by atoms with van der Waals surface area (Å²) in [6.07, 6.45) is -2.26. The van der Waals surface area contributed by atoms with Crippen LogP contribution in [0.2, 0.25) is 0 Å². The molecule has 2 aliphatic carbocycles. The van der Waals surface area contributed by atoms with Gasteiger partial charge in [0.25, 0.3) is 0 Å². The van der Waals surface area contributed by atoms with Crippen LogP contribution in [0.1, 0.15) is 40.5 Å². The highest BCUT2D eigenvalue weighted by atomic mass is 19.4. The van der Waals surface area contributed by atoms with Crippen LogP contribution in [0.5, 0.6) is 0 Å². The molecule has 1 aromatic rings. The molecule has 0 amide bonds. The Bertz CT molecular complexity index is 1180. The zero-order chi connectivity index (χ0) is 26.3. The summed E-state index contributed by atoms with van der Waals surface area (Å²) in [6.45, 7) is 1.41. The van der Waals surface area contributed by atoms with Crippen LogP contribution in [0.25, 0.3) is 0 Å². The molecule has 192 valence electrons. The van der Waals surface area contributed by atoms with Gasteiger partial charge >= 0.3 is 18.1 Å². The minimum absolute atomic E-state index is 0.0626. The summed E-state index contributed by atoms with van der Waals surface area (Å²) >= 11 is 0. The van der Waals surface area contributed by atoms with Gasteiger partial charge in [0.05, 0.1) is 24.1 Å². The van der Waals surface area contributed by atoms with Crippen molar-refractivity contribution in [1.29, 1.82) is 0 Å². The van der Waals surface area contributed by atoms with Gasteiger partial charge in [-0.25, -0.2) is 9.59 Å². The molecule has 0 radical (unpaired) electrons. The monoisotopic (exact) mass is 509 g/mol. The summed E-state index contributed by atoms with van der Waals surface area (Å²) in [7, 11) is 0. The van der Waals surface area contributed by atoms with Crippen LogP contribution in [0.3, 0.4) is 0 Å². The molecule has 13 heteroatoms. The summed E-state index contributed by atoms with van der Waals surface area (Å²) in [6, 6.07) is 6.02. The second-order valence-electron chi connectivity index (χ2n) is 8.61. The maximum atomic E-state index is 13.5. The second kappa shape index (κ2) is 9.48. The summed E-state index contributed by atoms with van der Waals surface area (Å²) < 4.78 is 43.6.